The molecule has 10 heteroatoms. The lowest BCUT2D eigenvalue weighted by molar-refractivity contribution is 0.216. The SMILES string of the molecule is CCOC1=C(N)n2c(sc(=Cc3ccc(OCC)c(O)c3)c2=O)=C(C#N)C1c1ccc(O)c(C#N)c1. The zero-order valence-corrected chi connectivity index (χ0v) is 20.3. The normalized spacial score (nSPS) is 15.3. The van der Waals surface area contributed by atoms with Crippen LogP contribution in [0.5, 0.6) is 17.2 Å². The molecule has 4 rings (SSSR count). The van der Waals surface area contributed by atoms with Crippen LogP contribution in [0, 0.1) is 22.7 Å². The maximum Gasteiger partial charge on any atom is 0.274 e. The minimum Gasteiger partial charge on any atom is -0.507 e. The molecule has 9 nitrogen and oxygen atoms in total. The van der Waals surface area contributed by atoms with Crippen LogP contribution >= 0.6 is 11.3 Å². The first-order chi connectivity index (χ1) is 17.3. The van der Waals surface area contributed by atoms with Crippen molar-refractivity contribution in [1.29, 1.82) is 10.5 Å². The van der Waals surface area contributed by atoms with E-state index >= 15 is 0 Å². The van der Waals surface area contributed by atoms with Gasteiger partial charge in [0, 0.05) is 0 Å². The lowest BCUT2D eigenvalue weighted by atomic mass is 9.88. The van der Waals surface area contributed by atoms with Crippen LogP contribution in [0.2, 0.25) is 0 Å². The zero-order chi connectivity index (χ0) is 26.0. The highest BCUT2D eigenvalue weighted by Crippen LogP contribution is 2.38. The fourth-order valence-corrected chi connectivity index (χ4v) is 5.14. The van der Waals surface area contributed by atoms with Gasteiger partial charge in [-0.1, -0.05) is 12.1 Å². The second-order valence-electron chi connectivity index (χ2n) is 7.75. The lowest BCUT2D eigenvalue weighted by Gasteiger charge is -2.26. The number of phenols is 2. The standard InChI is InChI=1S/C26H22N4O5S/c1-3-34-20-8-5-14(9-19(20)32)10-21-25(33)30-24(29)23(35-4-2)22(17(13-28)26(30)36-21)15-6-7-18(31)16(11-15)12-27/h5-11,22,31-32H,3-4,29H2,1-2H3. The van der Waals surface area contributed by atoms with E-state index < -0.39 is 11.5 Å². The molecule has 1 atom stereocenters. The number of hydrogen-bond acceptors (Lipinski definition) is 9. The van der Waals surface area contributed by atoms with Gasteiger partial charge in [0.1, 0.15) is 22.2 Å². The Bertz CT molecular complexity index is 1650. The molecule has 0 saturated carbocycles. The third-order valence-electron chi connectivity index (χ3n) is 5.57. The van der Waals surface area contributed by atoms with Crippen molar-refractivity contribution in [3.63, 3.8) is 0 Å². The Hall–Kier alpha value is -4.67. The Morgan fingerprint density at radius 2 is 1.83 bits per heavy atom. The Morgan fingerprint density at radius 1 is 1.08 bits per heavy atom. The van der Waals surface area contributed by atoms with Gasteiger partial charge in [0.2, 0.25) is 0 Å². The molecule has 2 heterocycles. The number of benzene rings is 2. The molecule has 1 aromatic heterocycles. The summed E-state index contributed by atoms with van der Waals surface area (Å²) in [5.41, 5.74) is 7.32. The summed E-state index contributed by atoms with van der Waals surface area (Å²) in [5.74, 6) is -0.440. The quantitative estimate of drug-likeness (QED) is 0.462. The third kappa shape index (κ3) is 4.15. The van der Waals surface area contributed by atoms with Gasteiger partial charge in [-0.3, -0.25) is 4.79 Å². The predicted molar refractivity (Wildman–Crippen MR) is 134 cm³/mol. The van der Waals surface area contributed by atoms with Crippen LogP contribution in [0.15, 0.2) is 47.0 Å². The molecule has 1 aliphatic rings. The van der Waals surface area contributed by atoms with E-state index in [0.717, 1.165) is 11.3 Å². The first-order valence-electron chi connectivity index (χ1n) is 11.0. The van der Waals surface area contributed by atoms with Crippen LogP contribution in [0.25, 0.3) is 17.5 Å². The van der Waals surface area contributed by atoms with Crippen molar-refractivity contribution < 1.29 is 19.7 Å². The van der Waals surface area contributed by atoms with Crippen LogP contribution in [-0.2, 0) is 4.74 Å². The largest absolute Gasteiger partial charge is 0.507 e. The van der Waals surface area contributed by atoms with Crippen LogP contribution in [0.3, 0.4) is 0 Å². The van der Waals surface area contributed by atoms with Gasteiger partial charge in [0.25, 0.3) is 5.56 Å². The number of nitrogens with two attached hydrogens (primary N) is 1. The Morgan fingerprint density at radius 3 is 2.47 bits per heavy atom. The summed E-state index contributed by atoms with van der Waals surface area (Å²) in [6.45, 7) is 4.19. The van der Waals surface area contributed by atoms with Gasteiger partial charge in [0.05, 0.1) is 40.9 Å². The Kier molecular flexibility index (Phi) is 6.73. The highest BCUT2D eigenvalue weighted by atomic mass is 32.1. The molecule has 4 N–H and O–H groups in total. The van der Waals surface area contributed by atoms with E-state index in [0.29, 0.717) is 32.7 Å². The van der Waals surface area contributed by atoms with Crippen LogP contribution in [0.1, 0.15) is 36.5 Å². The fraction of sp³-hybridized carbons (Fsp3) is 0.192. The van der Waals surface area contributed by atoms with Gasteiger partial charge >= 0.3 is 0 Å². The molecule has 0 amide bonds. The summed E-state index contributed by atoms with van der Waals surface area (Å²) in [4.78, 5) is 13.4. The van der Waals surface area contributed by atoms with Crippen molar-refractivity contribution in [2.45, 2.75) is 19.8 Å². The van der Waals surface area contributed by atoms with Crippen molar-refractivity contribution in [3.8, 4) is 29.4 Å². The summed E-state index contributed by atoms with van der Waals surface area (Å²) in [6, 6.07) is 13.3. The first kappa shape index (κ1) is 24.5. The van der Waals surface area contributed by atoms with Crippen LogP contribution in [-0.4, -0.2) is 28.0 Å². The second kappa shape index (κ2) is 9.90. The Balaban J connectivity index is 1.98. The van der Waals surface area contributed by atoms with Crippen LogP contribution in [0.4, 0.5) is 0 Å². The number of hydrogen-bond donors (Lipinski definition) is 3. The molecular formula is C26H22N4O5S. The number of aromatic hydroxyl groups is 2. The van der Waals surface area contributed by atoms with Crippen molar-refractivity contribution in [2.75, 3.05) is 13.2 Å². The van der Waals surface area contributed by atoms with E-state index in [1.807, 2.05) is 6.07 Å². The Labute approximate surface area is 210 Å². The van der Waals surface area contributed by atoms with Gasteiger partial charge < -0.3 is 25.4 Å². The molecule has 1 unspecified atom stereocenters. The van der Waals surface area contributed by atoms with Crippen LogP contribution < -0.4 is 25.2 Å². The lowest BCUT2D eigenvalue weighted by Crippen LogP contribution is -2.39. The molecule has 0 spiro atoms. The molecule has 0 fully saturated rings. The average molecular weight is 503 g/mol. The van der Waals surface area contributed by atoms with Gasteiger partial charge in [0.15, 0.2) is 17.3 Å². The fourth-order valence-electron chi connectivity index (χ4n) is 4.01. The van der Waals surface area contributed by atoms with E-state index in [1.54, 1.807) is 38.1 Å². The number of allylic oxidation sites excluding steroid dienone is 1. The highest BCUT2D eigenvalue weighted by Gasteiger charge is 2.33. The van der Waals surface area contributed by atoms with Crippen molar-refractivity contribution in [3.05, 3.63) is 78.4 Å². The van der Waals surface area contributed by atoms with E-state index in [1.165, 1.54) is 22.8 Å². The van der Waals surface area contributed by atoms with E-state index in [4.69, 9.17) is 15.2 Å². The molecule has 1 aliphatic heterocycles. The van der Waals surface area contributed by atoms with E-state index in [2.05, 4.69) is 6.07 Å². The molecular weight excluding hydrogens is 480 g/mol. The molecule has 2 aromatic carbocycles. The van der Waals surface area contributed by atoms with Crippen molar-refractivity contribution >= 4 is 28.8 Å². The van der Waals surface area contributed by atoms with Gasteiger partial charge in [-0.25, -0.2) is 4.57 Å². The molecule has 0 saturated heterocycles. The minimum atomic E-state index is -0.775. The molecule has 0 aliphatic carbocycles. The molecule has 36 heavy (non-hydrogen) atoms. The minimum absolute atomic E-state index is 0.0395. The topological polar surface area (TPSA) is 155 Å². The van der Waals surface area contributed by atoms with E-state index in [9.17, 15) is 25.5 Å². The number of nitriles is 2. The number of nitrogens with zero attached hydrogens (tertiary/aromatic N) is 3. The maximum atomic E-state index is 13.4. The maximum absolute atomic E-state index is 13.4. The number of fused-ring (bicyclic) bond motifs is 1. The number of ether oxygens (including phenoxy) is 2. The molecule has 0 radical (unpaired) electrons. The molecule has 0 bridgehead atoms. The summed E-state index contributed by atoms with van der Waals surface area (Å²) >= 11 is 1.08. The van der Waals surface area contributed by atoms with Gasteiger partial charge in [-0.2, -0.15) is 10.5 Å². The smallest absolute Gasteiger partial charge is 0.274 e. The number of aromatic nitrogens is 1. The van der Waals surface area contributed by atoms with Crippen molar-refractivity contribution in [1.82, 2.24) is 4.57 Å². The zero-order valence-electron chi connectivity index (χ0n) is 19.5. The monoisotopic (exact) mass is 502 g/mol. The summed E-state index contributed by atoms with van der Waals surface area (Å²) in [7, 11) is 0. The van der Waals surface area contributed by atoms with Crippen molar-refractivity contribution in [2.24, 2.45) is 5.73 Å². The summed E-state index contributed by atoms with van der Waals surface area (Å²) in [5, 5.41) is 39.7. The third-order valence-corrected chi connectivity index (χ3v) is 6.68. The number of phenolic OH excluding ortho intramolecular Hbond substituents is 2. The summed E-state index contributed by atoms with van der Waals surface area (Å²) < 4.78 is 13.0. The van der Waals surface area contributed by atoms with Gasteiger partial charge in [-0.05, 0) is 55.3 Å². The number of thiazole rings is 1. The average Bonchev–Trinajstić information content (AvgIpc) is 3.18. The summed E-state index contributed by atoms with van der Waals surface area (Å²) in [6.07, 6.45) is 1.60. The highest BCUT2D eigenvalue weighted by molar-refractivity contribution is 7.07. The predicted octanol–water partition coefficient (Wildman–Crippen LogP) is 2.01. The molecule has 182 valence electrons. The van der Waals surface area contributed by atoms with Gasteiger partial charge in [-0.15, -0.1) is 11.3 Å². The van der Waals surface area contributed by atoms with E-state index in [-0.39, 0.29) is 40.8 Å². The second-order valence-corrected chi connectivity index (χ2v) is 8.78. The first-order valence-corrected chi connectivity index (χ1v) is 11.9. The number of rotatable bonds is 6. The molecule has 3 aromatic rings.